The molecule has 0 aliphatic carbocycles. The summed E-state index contributed by atoms with van der Waals surface area (Å²) in [7, 11) is 0. The zero-order valence-electron chi connectivity index (χ0n) is 27.9. The van der Waals surface area contributed by atoms with E-state index in [1.165, 1.54) is 0 Å². The lowest BCUT2D eigenvalue weighted by molar-refractivity contribution is -0.0412. The van der Waals surface area contributed by atoms with Crippen molar-refractivity contribution in [3.05, 3.63) is 71.8 Å². The third-order valence-corrected chi connectivity index (χ3v) is 6.81. The monoisotopic (exact) mass is 618 g/mol. The lowest BCUT2D eigenvalue weighted by Gasteiger charge is -2.32. The largest absolute Gasteiger partial charge is 0.444 e. The topological polar surface area (TPSA) is 78.5 Å². The normalized spacial score (nSPS) is 14.3. The van der Waals surface area contributed by atoms with Gasteiger partial charge in [-0.1, -0.05) is 81.4 Å². The molecule has 2 rings (SSSR count). The van der Waals surface area contributed by atoms with E-state index in [1.54, 1.807) is 6.92 Å². The number of hydrogen-bond acceptors (Lipinski definition) is 7. The number of rotatable bonds is 20. The van der Waals surface area contributed by atoms with Gasteiger partial charge in [-0.3, -0.25) is 4.90 Å². The van der Waals surface area contributed by atoms with Crippen molar-refractivity contribution in [2.45, 2.75) is 85.5 Å². The fraction of sp³-hybridized carbons (Fsp3) is 0.629. The Balaban J connectivity index is 1.58. The van der Waals surface area contributed by atoms with Crippen LogP contribution in [-0.2, 0) is 36.8 Å². The summed E-state index contributed by atoms with van der Waals surface area (Å²) < 4.78 is 43.2. The molecule has 0 saturated carbocycles. The van der Waals surface area contributed by atoms with Gasteiger partial charge in [-0.2, -0.15) is 0 Å². The van der Waals surface area contributed by atoms with Crippen LogP contribution in [0.3, 0.4) is 0 Å². The van der Waals surface area contributed by atoms with E-state index >= 15 is 4.39 Å². The maximum absolute atomic E-state index is 15.2. The van der Waals surface area contributed by atoms with E-state index in [0.29, 0.717) is 59.3 Å². The van der Waals surface area contributed by atoms with Gasteiger partial charge in [0.1, 0.15) is 11.8 Å². The SMILES string of the molecule is CC(OCCOCCOCCOCC(NC(=O)OC(C)(C)C)C(C)(C)C)C(F)CN(Cc1ccccc1)Cc1ccccc1. The van der Waals surface area contributed by atoms with Crippen molar-refractivity contribution in [3.63, 3.8) is 0 Å². The van der Waals surface area contributed by atoms with Crippen molar-refractivity contribution in [2.75, 3.05) is 52.8 Å². The molecule has 1 amide bonds. The predicted molar refractivity (Wildman–Crippen MR) is 172 cm³/mol. The molecule has 248 valence electrons. The number of alkyl halides is 1. The summed E-state index contributed by atoms with van der Waals surface area (Å²) in [5, 5.41) is 2.90. The Kier molecular flexibility index (Phi) is 16.9. The number of nitrogens with zero attached hydrogens (tertiary/aromatic N) is 1. The van der Waals surface area contributed by atoms with Gasteiger partial charge >= 0.3 is 6.09 Å². The fourth-order valence-corrected chi connectivity index (χ4v) is 4.26. The Morgan fingerprint density at radius 2 is 1.25 bits per heavy atom. The number of ether oxygens (including phenoxy) is 5. The van der Waals surface area contributed by atoms with Crippen molar-refractivity contribution in [3.8, 4) is 0 Å². The van der Waals surface area contributed by atoms with Crippen LogP contribution in [0.5, 0.6) is 0 Å². The summed E-state index contributed by atoms with van der Waals surface area (Å²) in [6.45, 7) is 17.6. The quantitative estimate of drug-likeness (QED) is 0.172. The van der Waals surface area contributed by atoms with E-state index in [4.69, 9.17) is 23.7 Å². The molecule has 0 bridgehead atoms. The maximum atomic E-state index is 15.2. The Labute approximate surface area is 264 Å². The van der Waals surface area contributed by atoms with Gasteiger partial charge < -0.3 is 29.0 Å². The van der Waals surface area contributed by atoms with E-state index < -0.39 is 24.0 Å². The first-order valence-corrected chi connectivity index (χ1v) is 15.6. The van der Waals surface area contributed by atoms with Gasteiger partial charge in [-0.15, -0.1) is 0 Å². The zero-order valence-corrected chi connectivity index (χ0v) is 27.9. The van der Waals surface area contributed by atoms with Crippen molar-refractivity contribution >= 4 is 6.09 Å². The molecule has 0 fully saturated rings. The van der Waals surface area contributed by atoms with Crippen LogP contribution < -0.4 is 5.32 Å². The molecule has 2 aromatic rings. The number of halogens is 1. The molecule has 0 spiro atoms. The van der Waals surface area contributed by atoms with Crippen molar-refractivity contribution in [2.24, 2.45) is 5.41 Å². The van der Waals surface area contributed by atoms with Crippen molar-refractivity contribution < 1.29 is 32.9 Å². The second-order valence-electron chi connectivity index (χ2n) is 13.1. The summed E-state index contributed by atoms with van der Waals surface area (Å²) in [5.74, 6) is 0. The van der Waals surface area contributed by atoms with E-state index in [0.717, 1.165) is 11.1 Å². The van der Waals surface area contributed by atoms with Gasteiger partial charge in [0.05, 0.1) is 58.4 Å². The number of carbonyl (C=O) groups excluding carboxylic acids is 1. The predicted octanol–water partition coefficient (Wildman–Crippen LogP) is 6.42. The van der Waals surface area contributed by atoms with Crippen molar-refractivity contribution in [1.29, 1.82) is 0 Å². The highest BCUT2D eigenvalue weighted by molar-refractivity contribution is 5.68. The van der Waals surface area contributed by atoms with Crippen LogP contribution in [0.1, 0.15) is 59.6 Å². The minimum atomic E-state index is -1.14. The number of hydrogen-bond donors (Lipinski definition) is 1. The molecule has 0 aliphatic rings. The van der Waals surface area contributed by atoms with Crippen LogP contribution in [-0.4, -0.2) is 87.7 Å². The first-order chi connectivity index (χ1) is 20.8. The number of amides is 1. The number of alkyl carbamates (subject to hydrolysis) is 1. The van der Waals surface area contributed by atoms with Crippen LogP contribution in [0.15, 0.2) is 60.7 Å². The molecule has 3 atom stereocenters. The van der Waals surface area contributed by atoms with Gasteiger partial charge in [0.2, 0.25) is 0 Å². The molecule has 0 aliphatic heterocycles. The van der Waals surface area contributed by atoms with Crippen LogP contribution in [0.25, 0.3) is 0 Å². The first-order valence-electron chi connectivity index (χ1n) is 15.6. The molecular weight excluding hydrogens is 563 g/mol. The molecule has 2 aromatic carbocycles. The lowest BCUT2D eigenvalue weighted by Crippen LogP contribution is -2.48. The molecule has 8 nitrogen and oxygen atoms in total. The summed E-state index contributed by atoms with van der Waals surface area (Å²) >= 11 is 0. The molecule has 9 heteroatoms. The van der Waals surface area contributed by atoms with Crippen LogP contribution >= 0.6 is 0 Å². The third kappa shape index (κ3) is 17.1. The van der Waals surface area contributed by atoms with E-state index in [-0.39, 0.29) is 18.0 Å². The summed E-state index contributed by atoms with van der Waals surface area (Å²) in [6.07, 6.45) is -2.14. The molecule has 0 radical (unpaired) electrons. The Hall–Kier alpha value is -2.56. The number of nitrogens with one attached hydrogen (secondary N) is 1. The molecule has 44 heavy (non-hydrogen) atoms. The van der Waals surface area contributed by atoms with E-state index in [1.807, 2.05) is 77.9 Å². The molecular formula is C35H55FN2O6. The second kappa shape index (κ2) is 19.7. The molecule has 1 N–H and O–H groups in total. The molecule has 0 aromatic heterocycles. The van der Waals surface area contributed by atoms with Crippen molar-refractivity contribution in [1.82, 2.24) is 10.2 Å². The standard InChI is InChI=1S/C35H55FN2O6/c1-28(31(36)26-38(24-29-14-10-8-11-15-29)25-30-16-12-9-13-17-30)43-23-22-41-19-18-40-20-21-42-27-32(34(2,3)4)37-33(39)44-35(5,6)7/h8-17,28,31-32H,18-27H2,1-7H3,(H,37,39). The Morgan fingerprint density at radius 1 is 0.773 bits per heavy atom. The zero-order chi connectivity index (χ0) is 32.4. The Bertz CT molecular complexity index is 988. The lowest BCUT2D eigenvalue weighted by atomic mass is 9.87. The maximum Gasteiger partial charge on any atom is 0.407 e. The Morgan fingerprint density at radius 3 is 1.73 bits per heavy atom. The summed E-state index contributed by atoms with van der Waals surface area (Å²) in [6, 6.07) is 20.0. The van der Waals surface area contributed by atoms with Crippen LogP contribution in [0, 0.1) is 5.41 Å². The average molecular weight is 619 g/mol. The highest BCUT2D eigenvalue weighted by Gasteiger charge is 2.28. The van der Waals surface area contributed by atoms with E-state index in [2.05, 4.69) is 34.5 Å². The van der Waals surface area contributed by atoms with Gasteiger partial charge in [0.15, 0.2) is 0 Å². The number of benzene rings is 2. The summed E-state index contributed by atoms with van der Waals surface area (Å²) in [4.78, 5) is 14.3. The van der Waals surface area contributed by atoms with E-state index in [9.17, 15) is 4.79 Å². The highest BCUT2D eigenvalue weighted by Crippen LogP contribution is 2.20. The summed E-state index contributed by atoms with van der Waals surface area (Å²) in [5.41, 5.74) is 1.54. The van der Waals surface area contributed by atoms with Gasteiger partial charge in [0, 0.05) is 19.6 Å². The van der Waals surface area contributed by atoms with Crippen LogP contribution in [0.4, 0.5) is 9.18 Å². The molecule has 3 unspecified atom stereocenters. The van der Waals surface area contributed by atoms with Gasteiger partial charge in [-0.25, -0.2) is 9.18 Å². The number of carbonyl (C=O) groups is 1. The molecule has 0 heterocycles. The first kappa shape index (κ1) is 37.6. The minimum absolute atomic E-state index is 0.197. The minimum Gasteiger partial charge on any atom is -0.444 e. The molecule has 0 saturated heterocycles. The van der Waals surface area contributed by atoms with Crippen LogP contribution in [0.2, 0.25) is 0 Å². The average Bonchev–Trinajstić information content (AvgIpc) is 2.94. The third-order valence-electron chi connectivity index (χ3n) is 6.81. The van der Waals surface area contributed by atoms with Gasteiger partial charge in [0.25, 0.3) is 0 Å². The smallest absolute Gasteiger partial charge is 0.407 e. The highest BCUT2D eigenvalue weighted by atomic mass is 19.1. The fourth-order valence-electron chi connectivity index (χ4n) is 4.26. The second-order valence-corrected chi connectivity index (χ2v) is 13.1. The van der Waals surface area contributed by atoms with Gasteiger partial charge in [-0.05, 0) is 44.2 Å².